The van der Waals surface area contributed by atoms with E-state index in [0.717, 1.165) is 12.1 Å². The highest BCUT2D eigenvalue weighted by atomic mass is 32.2. The fourth-order valence-corrected chi connectivity index (χ4v) is 3.31. The summed E-state index contributed by atoms with van der Waals surface area (Å²) in [7, 11) is 0. The average molecular weight is 233 g/mol. The summed E-state index contributed by atoms with van der Waals surface area (Å²) in [5.74, 6) is 2.54. The zero-order chi connectivity index (χ0) is 10.8. The van der Waals surface area contributed by atoms with Crippen LogP contribution in [0, 0.1) is 0 Å². The second kappa shape index (κ2) is 4.52. The molecule has 1 aromatic heterocycles. The summed E-state index contributed by atoms with van der Waals surface area (Å²) in [6, 6.07) is 8.89. The molecule has 0 bridgehead atoms. The van der Waals surface area contributed by atoms with E-state index in [-0.39, 0.29) is 0 Å². The zero-order valence-corrected chi connectivity index (χ0v) is 9.93. The van der Waals surface area contributed by atoms with E-state index in [1.807, 2.05) is 30.2 Å². The molecule has 84 valence electrons. The SMILES string of the molecule is c1ccc2c(CNC3CCSC3)coc2c1. The van der Waals surface area contributed by atoms with Crippen molar-refractivity contribution < 1.29 is 4.42 Å². The highest BCUT2D eigenvalue weighted by Crippen LogP contribution is 2.22. The van der Waals surface area contributed by atoms with Gasteiger partial charge >= 0.3 is 0 Å². The lowest BCUT2D eigenvalue weighted by molar-refractivity contribution is 0.550. The van der Waals surface area contributed by atoms with Gasteiger partial charge in [0.25, 0.3) is 0 Å². The fraction of sp³-hybridized carbons (Fsp3) is 0.385. The second-order valence-corrected chi connectivity index (χ2v) is 5.35. The van der Waals surface area contributed by atoms with E-state index in [2.05, 4.69) is 17.4 Å². The highest BCUT2D eigenvalue weighted by Gasteiger charge is 2.15. The van der Waals surface area contributed by atoms with Gasteiger partial charge in [0.1, 0.15) is 5.58 Å². The van der Waals surface area contributed by atoms with Crippen LogP contribution in [0.3, 0.4) is 0 Å². The Labute approximate surface area is 99.4 Å². The van der Waals surface area contributed by atoms with Crippen LogP contribution in [0.5, 0.6) is 0 Å². The lowest BCUT2D eigenvalue weighted by atomic mass is 10.1. The van der Waals surface area contributed by atoms with Gasteiger partial charge in [0.15, 0.2) is 0 Å². The van der Waals surface area contributed by atoms with Gasteiger partial charge in [-0.1, -0.05) is 18.2 Å². The predicted octanol–water partition coefficient (Wildman–Crippen LogP) is 3.03. The largest absolute Gasteiger partial charge is 0.464 e. The van der Waals surface area contributed by atoms with Crippen LogP contribution in [0.25, 0.3) is 11.0 Å². The standard InChI is InChI=1S/C13H15NOS/c1-2-4-13-12(3-1)10(8-15-13)7-14-11-5-6-16-9-11/h1-4,8,11,14H,5-7,9H2. The van der Waals surface area contributed by atoms with Crippen molar-refractivity contribution >= 4 is 22.7 Å². The van der Waals surface area contributed by atoms with Crippen molar-refractivity contribution in [3.8, 4) is 0 Å². The molecule has 3 heteroatoms. The van der Waals surface area contributed by atoms with Crippen LogP contribution in [-0.4, -0.2) is 17.5 Å². The fourth-order valence-electron chi connectivity index (χ4n) is 2.12. The third-order valence-electron chi connectivity index (χ3n) is 3.07. The zero-order valence-electron chi connectivity index (χ0n) is 9.11. The maximum atomic E-state index is 5.52. The maximum absolute atomic E-state index is 5.52. The molecule has 0 spiro atoms. The molecular formula is C13H15NOS. The molecule has 1 unspecified atom stereocenters. The van der Waals surface area contributed by atoms with E-state index < -0.39 is 0 Å². The maximum Gasteiger partial charge on any atom is 0.134 e. The van der Waals surface area contributed by atoms with E-state index in [0.29, 0.717) is 6.04 Å². The van der Waals surface area contributed by atoms with E-state index in [1.54, 1.807) is 0 Å². The molecule has 1 aliphatic rings. The molecule has 1 N–H and O–H groups in total. The molecule has 16 heavy (non-hydrogen) atoms. The Morgan fingerprint density at radius 3 is 3.19 bits per heavy atom. The van der Waals surface area contributed by atoms with Crippen molar-refractivity contribution in [1.29, 1.82) is 0 Å². The first-order chi connectivity index (χ1) is 7.93. The Morgan fingerprint density at radius 2 is 2.31 bits per heavy atom. The first-order valence-electron chi connectivity index (χ1n) is 5.70. The third-order valence-corrected chi connectivity index (χ3v) is 4.23. The summed E-state index contributed by atoms with van der Waals surface area (Å²) in [5, 5.41) is 4.83. The van der Waals surface area contributed by atoms with Crippen LogP contribution in [-0.2, 0) is 6.54 Å². The molecule has 1 aromatic carbocycles. The lowest BCUT2D eigenvalue weighted by Gasteiger charge is -2.09. The first kappa shape index (κ1) is 10.2. The van der Waals surface area contributed by atoms with Crippen LogP contribution >= 0.6 is 11.8 Å². The normalized spacial score (nSPS) is 20.6. The van der Waals surface area contributed by atoms with Crippen LogP contribution in [0.1, 0.15) is 12.0 Å². The molecule has 3 rings (SSSR count). The van der Waals surface area contributed by atoms with Crippen molar-refractivity contribution in [2.75, 3.05) is 11.5 Å². The molecular weight excluding hydrogens is 218 g/mol. The van der Waals surface area contributed by atoms with E-state index in [9.17, 15) is 0 Å². The second-order valence-electron chi connectivity index (χ2n) is 4.20. The topological polar surface area (TPSA) is 25.2 Å². The van der Waals surface area contributed by atoms with Gasteiger partial charge in [-0.25, -0.2) is 0 Å². The number of furan rings is 1. The van der Waals surface area contributed by atoms with Gasteiger partial charge in [-0.05, 0) is 18.2 Å². The summed E-state index contributed by atoms with van der Waals surface area (Å²) in [4.78, 5) is 0. The van der Waals surface area contributed by atoms with Crippen molar-refractivity contribution in [2.45, 2.75) is 19.0 Å². The molecule has 2 heterocycles. The molecule has 0 aliphatic carbocycles. The molecule has 1 fully saturated rings. The van der Waals surface area contributed by atoms with Gasteiger partial charge in [0.2, 0.25) is 0 Å². The van der Waals surface area contributed by atoms with Crippen molar-refractivity contribution in [3.05, 3.63) is 36.1 Å². The summed E-state index contributed by atoms with van der Waals surface area (Å²) >= 11 is 2.04. The van der Waals surface area contributed by atoms with Gasteiger partial charge < -0.3 is 9.73 Å². The number of nitrogens with one attached hydrogen (secondary N) is 1. The number of rotatable bonds is 3. The monoisotopic (exact) mass is 233 g/mol. The van der Waals surface area contributed by atoms with Crippen molar-refractivity contribution in [3.63, 3.8) is 0 Å². The number of benzene rings is 1. The molecule has 2 aromatic rings. The van der Waals surface area contributed by atoms with Gasteiger partial charge in [-0.2, -0.15) is 11.8 Å². The number of para-hydroxylation sites is 1. The van der Waals surface area contributed by atoms with Crippen LogP contribution in [0.2, 0.25) is 0 Å². The van der Waals surface area contributed by atoms with Gasteiger partial charge in [0, 0.05) is 29.3 Å². The van der Waals surface area contributed by atoms with Crippen LogP contribution in [0.4, 0.5) is 0 Å². The predicted molar refractivity (Wildman–Crippen MR) is 68.8 cm³/mol. The molecule has 1 saturated heterocycles. The van der Waals surface area contributed by atoms with Crippen LogP contribution in [0.15, 0.2) is 34.9 Å². The summed E-state index contributed by atoms with van der Waals surface area (Å²) in [6.45, 7) is 0.919. The lowest BCUT2D eigenvalue weighted by Crippen LogP contribution is -2.27. The highest BCUT2D eigenvalue weighted by molar-refractivity contribution is 7.99. The quantitative estimate of drug-likeness (QED) is 0.882. The molecule has 1 atom stereocenters. The minimum absolute atomic E-state index is 0.679. The first-order valence-corrected chi connectivity index (χ1v) is 6.85. The molecule has 0 saturated carbocycles. The smallest absolute Gasteiger partial charge is 0.134 e. The third kappa shape index (κ3) is 1.97. The Hall–Kier alpha value is -0.930. The van der Waals surface area contributed by atoms with E-state index in [1.165, 1.54) is 28.9 Å². The number of hydrogen-bond donors (Lipinski definition) is 1. The summed E-state index contributed by atoms with van der Waals surface area (Å²) in [5.41, 5.74) is 2.26. The average Bonchev–Trinajstić information content (AvgIpc) is 2.96. The Kier molecular flexibility index (Phi) is 2.89. The van der Waals surface area contributed by atoms with Crippen molar-refractivity contribution in [1.82, 2.24) is 5.32 Å². The van der Waals surface area contributed by atoms with Crippen LogP contribution < -0.4 is 5.32 Å². The summed E-state index contributed by atoms with van der Waals surface area (Å²) < 4.78 is 5.52. The van der Waals surface area contributed by atoms with Gasteiger partial charge in [-0.3, -0.25) is 0 Å². The van der Waals surface area contributed by atoms with E-state index in [4.69, 9.17) is 4.42 Å². The molecule has 0 radical (unpaired) electrons. The van der Waals surface area contributed by atoms with E-state index >= 15 is 0 Å². The Morgan fingerprint density at radius 1 is 1.38 bits per heavy atom. The van der Waals surface area contributed by atoms with Crippen molar-refractivity contribution in [2.24, 2.45) is 0 Å². The Balaban J connectivity index is 1.73. The van der Waals surface area contributed by atoms with Gasteiger partial charge in [0.05, 0.1) is 6.26 Å². The number of fused-ring (bicyclic) bond motifs is 1. The molecule has 1 aliphatic heterocycles. The number of hydrogen-bond acceptors (Lipinski definition) is 3. The molecule has 0 amide bonds. The molecule has 2 nitrogen and oxygen atoms in total. The summed E-state index contributed by atoms with van der Waals surface area (Å²) in [6.07, 6.45) is 3.17. The minimum atomic E-state index is 0.679. The Bertz CT molecular complexity index is 473. The van der Waals surface area contributed by atoms with Gasteiger partial charge in [-0.15, -0.1) is 0 Å². The number of thioether (sulfide) groups is 1. The minimum Gasteiger partial charge on any atom is -0.464 e.